The molecule has 0 aliphatic heterocycles. The van der Waals surface area contributed by atoms with Crippen LogP contribution in [0.25, 0.3) is 0 Å². The van der Waals surface area contributed by atoms with E-state index in [1.54, 1.807) is 6.92 Å². The second-order valence-corrected chi connectivity index (χ2v) is 9.05. The third kappa shape index (κ3) is 3.33. The molecule has 0 atom stereocenters. The number of ketones is 1. The number of carbonyl (C=O) groups is 1. The van der Waals surface area contributed by atoms with Gasteiger partial charge in [-0.1, -0.05) is 0 Å². The van der Waals surface area contributed by atoms with Crippen molar-refractivity contribution < 1.29 is 13.2 Å². The summed E-state index contributed by atoms with van der Waals surface area (Å²) in [5, 5.41) is 2.69. The molecule has 7 nitrogen and oxygen atoms in total. The smallest absolute Gasteiger partial charge is 0.277 e. The minimum absolute atomic E-state index is 0.0403. The first-order valence-corrected chi connectivity index (χ1v) is 10.3. The number of carbonyl (C=O) groups excluding carboxylic acids is 1. The summed E-state index contributed by atoms with van der Waals surface area (Å²) in [5.74, 6) is 0.147. The maximum atomic E-state index is 12.9. The number of H-pyrrole nitrogens is 1. The molecule has 0 unspecified atom stereocenters. The van der Waals surface area contributed by atoms with Crippen molar-refractivity contribution in [2.75, 3.05) is 24.7 Å². The number of hydrogen-bond acceptors (Lipinski definition) is 5. The molecule has 8 heteroatoms. The Labute approximate surface area is 152 Å². The van der Waals surface area contributed by atoms with Gasteiger partial charge in [0, 0.05) is 38.7 Å². The second kappa shape index (κ2) is 6.42. The molecular weight excluding hydrogens is 354 g/mol. The maximum absolute atomic E-state index is 12.9. The summed E-state index contributed by atoms with van der Waals surface area (Å²) in [6, 6.07) is 2.96. The van der Waals surface area contributed by atoms with Crippen molar-refractivity contribution >= 4 is 21.3 Å². The van der Waals surface area contributed by atoms with Gasteiger partial charge in [0.15, 0.2) is 9.84 Å². The van der Waals surface area contributed by atoms with Crippen LogP contribution in [0.15, 0.2) is 28.0 Å². The topological polar surface area (TPSA) is 92.2 Å². The largest absolute Gasteiger partial charge is 0.373 e. The van der Waals surface area contributed by atoms with E-state index in [4.69, 9.17) is 0 Å². The molecule has 0 amide bonds. The molecule has 140 valence electrons. The van der Waals surface area contributed by atoms with E-state index in [-0.39, 0.29) is 10.5 Å². The van der Waals surface area contributed by atoms with Crippen molar-refractivity contribution in [1.29, 1.82) is 0 Å². The van der Waals surface area contributed by atoms with Crippen molar-refractivity contribution in [2.24, 2.45) is 13.0 Å². The van der Waals surface area contributed by atoms with E-state index in [9.17, 15) is 18.0 Å². The lowest BCUT2D eigenvalue weighted by atomic mass is 9.99. The Morgan fingerprint density at radius 3 is 2.46 bits per heavy atom. The molecule has 0 radical (unpaired) electrons. The number of nitrogens with zero attached hydrogens (tertiary/aromatic N) is 2. The molecule has 0 saturated heterocycles. The van der Waals surface area contributed by atoms with Crippen molar-refractivity contribution in [3.05, 3.63) is 45.4 Å². The number of nitrogens with one attached hydrogen (secondary N) is 1. The van der Waals surface area contributed by atoms with E-state index >= 15 is 0 Å². The van der Waals surface area contributed by atoms with Crippen LogP contribution in [0.4, 0.5) is 5.69 Å². The van der Waals surface area contributed by atoms with Crippen LogP contribution >= 0.6 is 0 Å². The summed E-state index contributed by atoms with van der Waals surface area (Å²) in [6.45, 7) is 2.48. The Kier molecular flexibility index (Phi) is 4.56. The van der Waals surface area contributed by atoms with Crippen molar-refractivity contribution in [2.45, 2.75) is 24.7 Å². The first-order valence-electron chi connectivity index (χ1n) is 8.45. The number of rotatable bonds is 6. The molecule has 1 fully saturated rings. The number of hydrogen-bond donors (Lipinski definition) is 1. The average Bonchev–Trinajstić information content (AvgIpc) is 3.30. The third-order valence-corrected chi connectivity index (χ3v) is 5.96. The summed E-state index contributed by atoms with van der Waals surface area (Å²) in [6.07, 6.45) is 4.81. The molecule has 1 aromatic heterocycles. The fourth-order valence-corrected chi connectivity index (χ4v) is 4.22. The lowest BCUT2D eigenvalue weighted by molar-refractivity contribution is 0.103. The SMILES string of the molecule is Cc1c(C(=O)c2c[nH]n(C)c2=O)ccc(S(C)(=O)=O)c1N(C)CC1CC1. The van der Waals surface area contributed by atoms with E-state index in [2.05, 4.69) is 5.10 Å². The molecule has 0 spiro atoms. The molecule has 1 heterocycles. The van der Waals surface area contributed by atoms with Gasteiger partial charge < -0.3 is 10.00 Å². The molecule has 1 saturated carbocycles. The lowest BCUT2D eigenvalue weighted by Gasteiger charge is -2.25. The molecule has 1 aliphatic rings. The average molecular weight is 377 g/mol. The Morgan fingerprint density at radius 1 is 1.31 bits per heavy atom. The van der Waals surface area contributed by atoms with E-state index in [0.29, 0.717) is 22.7 Å². The maximum Gasteiger partial charge on any atom is 0.277 e. The molecule has 1 N–H and O–H groups in total. The number of sulfone groups is 1. The summed E-state index contributed by atoms with van der Waals surface area (Å²) >= 11 is 0. The highest BCUT2D eigenvalue weighted by atomic mass is 32.2. The van der Waals surface area contributed by atoms with Crippen LogP contribution in [-0.4, -0.2) is 43.8 Å². The van der Waals surface area contributed by atoms with Gasteiger partial charge in [-0.05, 0) is 43.4 Å². The zero-order chi connectivity index (χ0) is 19.2. The fraction of sp³-hybridized carbons (Fsp3) is 0.444. The van der Waals surface area contributed by atoms with Gasteiger partial charge in [-0.25, -0.2) is 8.42 Å². The Morgan fingerprint density at radius 2 is 1.96 bits per heavy atom. The summed E-state index contributed by atoms with van der Waals surface area (Å²) < 4.78 is 25.7. The van der Waals surface area contributed by atoms with Crippen LogP contribution in [0.3, 0.4) is 0 Å². The van der Waals surface area contributed by atoms with Gasteiger partial charge in [0.2, 0.25) is 5.78 Å². The fourth-order valence-electron chi connectivity index (χ4n) is 3.24. The Bertz CT molecular complexity index is 1030. The molecule has 1 aromatic carbocycles. The van der Waals surface area contributed by atoms with Crippen LogP contribution in [0.5, 0.6) is 0 Å². The molecule has 3 rings (SSSR count). The summed E-state index contributed by atoms with van der Waals surface area (Å²) in [4.78, 5) is 27.1. The Balaban J connectivity index is 2.14. The van der Waals surface area contributed by atoms with E-state index in [0.717, 1.165) is 19.4 Å². The highest BCUT2D eigenvalue weighted by Crippen LogP contribution is 2.36. The van der Waals surface area contributed by atoms with Crippen molar-refractivity contribution in [3.63, 3.8) is 0 Å². The minimum Gasteiger partial charge on any atom is -0.373 e. The standard InChI is InChI=1S/C18H23N3O4S/c1-11-13(17(22)14-9-19-21(3)18(14)23)7-8-15(26(4,24)25)16(11)20(2)10-12-5-6-12/h7-9,12,19H,5-6,10H2,1-4H3. The lowest BCUT2D eigenvalue weighted by Crippen LogP contribution is -2.25. The van der Waals surface area contributed by atoms with Crippen molar-refractivity contribution in [3.8, 4) is 0 Å². The normalized spacial score (nSPS) is 14.5. The zero-order valence-corrected chi connectivity index (χ0v) is 16.2. The van der Waals surface area contributed by atoms with Gasteiger partial charge in [0.1, 0.15) is 5.56 Å². The predicted molar refractivity (Wildman–Crippen MR) is 99.7 cm³/mol. The molecule has 0 bridgehead atoms. The van der Waals surface area contributed by atoms with Crippen LogP contribution < -0.4 is 10.5 Å². The molecular formula is C18H23N3O4S. The highest BCUT2D eigenvalue weighted by molar-refractivity contribution is 7.90. The molecule has 1 aliphatic carbocycles. The first kappa shape index (κ1) is 18.4. The first-order chi connectivity index (χ1) is 12.1. The number of aryl methyl sites for hydroxylation is 1. The van der Waals surface area contributed by atoms with Gasteiger partial charge >= 0.3 is 0 Å². The van der Waals surface area contributed by atoms with E-state index in [1.165, 1.54) is 36.3 Å². The van der Waals surface area contributed by atoms with Crippen molar-refractivity contribution in [1.82, 2.24) is 9.78 Å². The zero-order valence-electron chi connectivity index (χ0n) is 15.4. The highest BCUT2D eigenvalue weighted by Gasteiger charge is 2.28. The quantitative estimate of drug-likeness (QED) is 0.770. The van der Waals surface area contributed by atoms with Gasteiger partial charge in [0.25, 0.3) is 5.56 Å². The van der Waals surface area contributed by atoms with Gasteiger partial charge in [-0.2, -0.15) is 0 Å². The van der Waals surface area contributed by atoms with Crippen LogP contribution in [0.1, 0.15) is 34.3 Å². The summed E-state index contributed by atoms with van der Waals surface area (Å²) in [5.41, 5.74) is 1.08. The third-order valence-electron chi connectivity index (χ3n) is 4.83. The van der Waals surface area contributed by atoms with Crippen LogP contribution in [0, 0.1) is 12.8 Å². The van der Waals surface area contributed by atoms with E-state index < -0.39 is 21.2 Å². The molecule has 2 aromatic rings. The summed E-state index contributed by atoms with van der Waals surface area (Å²) in [7, 11) is -0.0711. The molecule has 26 heavy (non-hydrogen) atoms. The number of anilines is 1. The van der Waals surface area contributed by atoms with Crippen LogP contribution in [0.2, 0.25) is 0 Å². The number of benzene rings is 1. The Hall–Kier alpha value is -2.35. The monoisotopic (exact) mass is 377 g/mol. The number of aromatic nitrogens is 2. The number of aromatic amines is 1. The van der Waals surface area contributed by atoms with Crippen LogP contribution in [-0.2, 0) is 16.9 Å². The van der Waals surface area contributed by atoms with E-state index in [1.807, 2.05) is 11.9 Å². The predicted octanol–water partition coefficient (Wildman–Crippen LogP) is 1.50. The van der Waals surface area contributed by atoms with Gasteiger partial charge in [-0.15, -0.1) is 0 Å². The van der Waals surface area contributed by atoms with Gasteiger partial charge in [0.05, 0.1) is 10.6 Å². The second-order valence-electron chi connectivity index (χ2n) is 7.06. The minimum atomic E-state index is -3.45. The van der Waals surface area contributed by atoms with Gasteiger partial charge in [-0.3, -0.25) is 14.3 Å².